The Labute approximate surface area is 156 Å². The Balaban J connectivity index is 1.56. The number of ether oxygens (including phenoxy) is 2. The molecule has 6 heteroatoms. The van der Waals surface area contributed by atoms with Crippen molar-refractivity contribution in [2.75, 3.05) is 7.11 Å². The van der Waals surface area contributed by atoms with Crippen molar-refractivity contribution >= 4 is 17.2 Å². The van der Waals surface area contributed by atoms with Crippen molar-refractivity contribution in [2.24, 2.45) is 0 Å². The molecule has 3 aromatic rings. The van der Waals surface area contributed by atoms with Gasteiger partial charge < -0.3 is 14.8 Å². The highest BCUT2D eigenvalue weighted by Gasteiger charge is 2.17. The molecule has 1 heterocycles. The molecule has 0 saturated carbocycles. The van der Waals surface area contributed by atoms with Gasteiger partial charge in [0.15, 0.2) is 17.6 Å². The summed E-state index contributed by atoms with van der Waals surface area (Å²) in [6.45, 7) is 2.07. The fraction of sp³-hybridized carbons (Fsp3) is 0.200. The van der Waals surface area contributed by atoms with Gasteiger partial charge in [0.1, 0.15) is 5.01 Å². The van der Waals surface area contributed by atoms with Gasteiger partial charge in [-0.05, 0) is 19.1 Å². The average molecular weight is 368 g/mol. The topological polar surface area (TPSA) is 60.5 Å². The van der Waals surface area contributed by atoms with Gasteiger partial charge in [0.2, 0.25) is 0 Å². The molecule has 0 spiro atoms. The number of carbonyl (C=O) groups is 1. The molecule has 2 aromatic carbocycles. The van der Waals surface area contributed by atoms with Gasteiger partial charge in [-0.15, -0.1) is 11.3 Å². The van der Waals surface area contributed by atoms with Crippen molar-refractivity contribution in [3.05, 3.63) is 65.7 Å². The largest absolute Gasteiger partial charge is 0.493 e. The van der Waals surface area contributed by atoms with Crippen molar-refractivity contribution < 1.29 is 14.3 Å². The molecule has 1 atom stereocenters. The molecule has 0 saturated heterocycles. The van der Waals surface area contributed by atoms with Crippen LogP contribution in [0.2, 0.25) is 0 Å². The average Bonchev–Trinajstić information content (AvgIpc) is 3.16. The van der Waals surface area contributed by atoms with E-state index in [1.165, 1.54) is 0 Å². The van der Waals surface area contributed by atoms with Crippen LogP contribution in [0.15, 0.2) is 60.0 Å². The molecule has 0 radical (unpaired) electrons. The van der Waals surface area contributed by atoms with Crippen molar-refractivity contribution in [1.82, 2.24) is 10.3 Å². The highest BCUT2D eigenvalue weighted by molar-refractivity contribution is 7.13. The second kappa shape index (κ2) is 8.49. The first-order chi connectivity index (χ1) is 12.7. The predicted octanol–water partition coefficient (Wildman–Crippen LogP) is 3.90. The summed E-state index contributed by atoms with van der Waals surface area (Å²) >= 11 is 1.56. The zero-order chi connectivity index (χ0) is 18.4. The number of nitrogens with zero attached hydrogens (tertiary/aromatic N) is 1. The van der Waals surface area contributed by atoms with Crippen LogP contribution in [-0.4, -0.2) is 24.1 Å². The summed E-state index contributed by atoms with van der Waals surface area (Å²) in [7, 11) is 1.57. The van der Waals surface area contributed by atoms with Crippen molar-refractivity contribution in [3.8, 4) is 22.1 Å². The molecule has 0 bridgehead atoms. The van der Waals surface area contributed by atoms with E-state index in [0.717, 1.165) is 16.3 Å². The Kier molecular flexibility index (Phi) is 5.86. The lowest BCUT2D eigenvalue weighted by Gasteiger charge is -2.16. The Hall–Kier alpha value is -2.86. The Morgan fingerprint density at radius 3 is 2.54 bits per heavy atom. The highest BCUT2D eigenvalue weighted by Crippen LogP contribution is 2.27. The van der Waals surface area contributed by atoms with Gasteiger partial charge in [-0.2, -0.15) is 0 Å². The third-order valence-corrected chi connectivity index (χ3v) is 4.70. The lowest BCUT2D eigenvalue weighted by atomic mass is 10.2. The smallest absolute Gasteiger partial charge is 0.261 e. The van der Waals surface area contributed by atoms with Crippen LogP contribution in [0.3, 0.4) is 0 Å². The van der Waals surface area contributed by atoms with E-state index in [1.807, 2.05) is 47.8 Å². The number of hydrogen-bond donors (Lipinski definition) is 1. The van der Waals surface area contributed by atoms with Gasteiger partial charge in [0.25, 0.3) is 5.91 Å². The quantitative estimate of drug-likeness (QED) is 0.687. The second-order valence-corrected chi connectivity index (χ2v) is 6.50. The minimum Gasteiger partial charge on any atom is -0.493 e. The van der Waals surface area contributed by atoms with E-state index < -0.39 is 6.10 Å². The normalized spacial score (nSPS) is 11.6. The van der Waals surface area contributed by atoms with Crippen LogP contribution in [0.5, 0.6) is 11.5 Å². The van der Waals surface area contributed by atoms with Crippen LogP contribution in [0.4, 0.5) is 0 Å². The van der Waals surface area contributed by atoms with Crippen molar-refractivity contribution in [3.63, 3.8) is 0 Å². The van der Waals surface area contributed by atoms with Gasteiger partial charge >= 0.3 is 0 Å². The molecule has 0 unspecified atom stereocenters. The standard InChI is InChI=1S/C20H20N2O3S/c1-14(25-18-11-7-6-10-17(18)24-2)19(23)21-12-16-13-26-20(22-16)15-8-4-3-5-9-15/h3-11,13-14H,12H2,1-2H3,(H,21,23)/t14-/m1/s1. The number of nitrogens with one attached hydrogen (secondary N) is 1. The van der Waals surface area contributed by atoms with E-state index in [1.54, 1.807) is 37.5 Å². The molecule has 5 nitrogen and oxygen atoms in total. The number of rotatable bonds is 7. The predicted molar refractivity (Wildman–Crippen MR) is 102 cm³/mol. The fourth-order valence-corrected chi connectivity index (χ4v) is 3.21. The van der Waals surface area contributed by atoms with Gasteiger partial charge in [0, 0.05) is 10.9 Å². The number of carbonyl (C=O) groups excluding carboxylic acids is 1. The molecule has 26 heavy (non-hydrogen) atoms. The third-order valence-electron chi connectivity index (χ3n) is 3.76. The molecule has 1 N–H and O–H groups in total. The Morgan fingerprint density at radius 2 is 1.81 bits per heavy atom. The molecule has 0 fully saturated rings. The van der Waals surface area contributed by atoms with E-state index >= 15 is 0 Å². The highest BCUT2D eigenvalue weighted by atomic mass is 32.1. The Bertz CT molecular complexity index is 864. The molecule has 0 aliphatic heterocycles. The summed E-state index contributed by atoms with van der Waals surface area (Å²) in [6.07, 6.45) is -0.640. The lowest BCUT2D eigenvalue weighted by molar-refractivity contribution is -0.127. The second-order valence-electron chi connectivity index (χ2n) is 5.64. The number of methoxy groups -OCH3 is 1. The number of thiazole rings is 1. The van der Waals surface area contributed by atoms with E-state index in [9.17, 15) is 4.79 Å². The summed E-state index contributed by atoms with van der Waals surface area (Å²) in [5, 5.41) is 5.75. The maximum absolute atomic E-state index is 12.3. The maximum atomic E-state index is 12.3. The minimum atomic E-state index is -0.640. The molecule has 0 aliphatic rings. The number of para-hydroxylation sites is 2. The van der Waals surface area contributed by atoms with E-state index in [-0.39, 0.29) is 5.91 Å². The summed E-state index contributed by atoms with van der Waals surface area (Å²) < 4.78 is 10.9. The first-order valence-electron chi connectivity index (χ1n) is 8.24. The van der Waals surface area contributed by atoms with Gasteiger partial charge in [-0.3, -0.25) is 4.79 Å². The SMILES string of the molecule is COc1ccccc1O[C@H](C)C(=O)NCc1csc(-c2ccccc2)n1. The van der Waals surface area contributed by atoms with Crippen molar-refractivity contribution in [1.29, 1.82) is 0 Å². The van der Waals surface area contributed by atoms with Crippen molar-refractivity contribution in [2.45, 2.75) is 19.6 Å². The zero-order valence-electron chi connectivity index (χ0n) is 14.6. The first kappa shape index (κ1) is 17.9. The van der Waals surface area contributed by atoms with Gasteiger partial charge in [-0.25, -0.2) is 4.98 Å². The maximum Gasteiger partial charge on any atom is 0.261 e. The van der Waals surface area contributed by atoms with E-state index in [2.05, 4.69) is 10.3 Å². The molecule has 134 valence electrons. The summed E-state index contributed by atoms with van der Waals surface area (Å²) in [5.41, 5.74) is 1.90. The number of benzene rings is 2. The van der Waals surface area contributed by atoms with Gasteiger partial charge in [-0.1, -0.05) is 42.5 Å². The van der Waals surface area contributed by atoms with Crippen LogP contribution < -0.4 is 14.8 Å². The minimum absolute atomic E-state index is 0.204. The summed E-state index contributed by atoms with van der Waals surface area (Å²) in [5.74, 6) is 0.932. The molecular weight excluding hydrogens is 348 g/mol. The van der Waals surface area contributed by atoms with Gasteiger partial charge in [0.05, 0.1) is 19.3 Å². The lowest BCUT2D eigenvalue weighted by Crippen LogP contribution is -2.36. The number of hydrogen-bond acceptors (Lipinski definition) is 5. The van der Waals surface area contributed by atoms with Crippen LogP contribution >= 0.6 is 11.3 Å². The molecule has 3 rings (SSSR count). The van der Waals surface area contributed by atoms with E-state index in [4.69, 9.17) is 9.47 Å². The fourth-order valence-electron chi connectivity index (χ4n) is 2.38. The van der Waals surface area contributed by atoms with E-state index in [0.29, 0.717) is 18.0 Å². The number of amides is 1. The van der Waals surface area contributed by atoms with Crippen LogP contribution in [0.1, 0.15) is 12.6 Å². The molecule has 1 amide bonds. The zero-order valence-corrected chi connectivity index (χ0v) is 15.5. The van der Waals surface area contributed by atoms with Crippen LogP contribution in [0, 0.1) is 0 Å². The summed E-state index contributed by atoms with van der Waals surface area (Å²) in [6, 6.07) is 17.2. The molecule has 1 aromatic heterocycles. The first-order valence-corrected chi connectivity index (χ1v) is 9.12. The molecule has 0 aliphatic carbocycles. The van der Waals surface area contributed by atoms with Crippen LogP contribution in [0.25, 0.3) is 10.6 Å². The number of aromatic nitrogens is 1. The Morgan fingerprint density at radius 1 is 1.12 bits per heavy atom. The van der Waals surface area contributed by atoms with Crippen LogP contribution in [-0.2, 0) is 11.3 Å². The monoisotopic (exact) mass is 368 g/mol. The third kappa shape index (κ3) is 4.40. The summed E-state index contributed by atoms with van der Waals surface area (Å²) in [4.78, 5) is 16.9. The molecular formula is C20H20N2O3S.